The summed E-state index contributed by atoms with van der Waals surface area (Å²) in [4.78, 5) is 2.18. The number of rotatable bonds is 2. The fourth-order valence-electron chi connectivity index (χ4n) is 1.45. The first-order valence-electron chi connectivity index (χ1n) is 4.42. The standard InChI is InChI=1S/C10H11ClFN/c11-9-3-1-4-10(12)8(9)7-13-5-2-6-13/h1,3-4H,2,5-7H2. The van der Waals surface area contributed by atoms with E-state index in [1.165, 1.54) is 12.5 Å². The van der Waals surface area contributed by atoms with Crippen LogP contribution in [0.5, 0.6) is 0 Å². The normalized spacial score (nSPS) is 17.1. The molecule has 1 aromatic carbocycles. The van der Waals surface area contributed by atoms with E-state index < -0.39 is 0 Å². The van der Waals surface area contributed by atoms with E-state index in [1.807, 2.05) is 0 Å². The summed E-state index contributed by atoms with van der Waals surface area (Å²) in [5.41, 5.74) is 0.629. The van der Waals surface area contributed by atoms with Crippen LogP contribution in [0.1, 0.15) is 12.0 Å². The van der Waals surface area contributed by atoms with Gasteiger partial charge in [0.1, 0.15) is 5.82 Å². The van der Waals surface area contributed by atoms with Gasteiger partial charge in [0.25, 0.3) is 0 Å². The highest BCUT2D eigenvalue weighted by Gasteiger charge is 2.17. The van der Waals surface area contributed by atoms with E-state index in [2.05, 4.69) is 4.90 Å². The molecule has 70 valence electrons. The largest absolute Gasteiger partial charge is 0.299 e. The molecule has 0 spiro atoms. The zero-order chi connectivity index (χ0) is 9.26. The Kier molecular flexibility index (Phi) is 2.51. The zero-order valence-corrected chi connectivity index (χ0v) is 8.02. The van der Waals surface area contributed by atoms with Gasteiger partial charge in [-0.2, -0.15) is 0 Å². The molecule has 1 heterocycles. The fourth-order valence-corrected chi connectivity index (χ4v) is 1.67. The molecule has 13 heavy (non-hydrogen) atoms. The van der Waals surface area contributed by atoms with Gasteiger partial charge in [0.2, 0.25) is 0 Å². The van der Waals surface area contributed by atoms with Gasteiger partial charge >= 0.3 is 0 Å². The average Bonchev–Trinajstić information content (AvgIpc) is 2.00. The Morgan fingerprint density at radius 3 is 2.69 bits per heavy atom. The van der Waals surface area contributed by atoms with Gasteiger partial charge in [-0.25, -0.2) is 4.39 Å². The number of likely N-dealkylation sites (tertiary alicyclic amines) is 1. The maximum Gasteiger partial charge on any atom is 0.129 e. The predicted molar refractivity (Wildman–Crippen MR) is 51.3 cm³/mol. The molecule has 0 N–H and O–H groups in total. The molecule has 2 rings (SSSR count). The van der Waals surface area contributed by atoms with Gasteiger partial charge in [0.05, 0.1) is 0 Å². The van der Waals surface area contributed by atoms with Gasteiger partial charge in [0, 0.05) is 17.1 Å². The summed E-state index contributed by atoms with van der Waals surface area (Å²) in [7, 11) is 0. The molecule has 0 radical (unpaired) electrons. The molecule has 1 aliphatic rings. The fraction of sp³-hybridized carbons (Fsp3) is 0.400. The van der Waals surface area contributed by atoms with Crippen LogP contribution in [-0.2, 0) is 6.54 Å². The highest BCUT2D eigenvalue weighted by molar-refractivity contribution is 6.31. The lowest BCUT2D eigenvalue weighted by molar-refractivity contribution is 0.170. The Labute approximate surface area is 82.1 Å². The summed E-state index contributed by atoms with van der Waals surface area (Å²) in [6.07, 6.45) is 1.21. The Balaban J connectivity index is 2.17. The Morgan fingerprint density at radius 1 is 1.38 bits per heavy atom. The van der Waals surface area contributed by atoms with Crippen molar-refractivity contribution in [2.24, 2.45) is 0 Å². The van der Waals surface area contributed by atoms with Gasteiger partial charge in [-0.05, 0) is 31.6 Å². The average molecular weight is 200 g/mol. The summed E-state index contributed by atoms with van der Waals surface area (Å²) in [6, 6.07) is 4.83. The summed E-state index contributed by atoms with van der Waals surface area (Å²) in [5.74, 6) is -0.195. The minimum absolute atomic E-state index is 0.195. The van der Waals surface area contributed by atoms with Crippen molar-refractivity contribution in [3.63, 3.8) is 0 Å². The lowest BCUT2D eigenvalue weighted by Gasteiger charge is -2.30. The van der Waals surface area contributed by atoms with Crippen LogP contribution in [0.3, 0.4) is 0 Å². The molecule has 1 saturated heterocycles. The third-order valence-electron chi connectivity index (χ3n) is 2.39. The molecular weight excluding hydrogens is 189 g/mol. The third-order valence-corrected chi connectivity index (χ3v) is 2.75. The number of halogens is 2. The van der Waals surface area contributed by atoms with E-state index in [4.69, 9.17) is 11.6 Å². The predicted octanol–water partition coefficient (Wildman–Crippen LogP) is 2.68. The van der Waals surface area contributed by atoms with E-state index in [-0.39, 0.29) is 5.82 Å². The van der Waals surface area contributed by atoms with E-state index in [9.17, 15) is 4.39 Å². The minimum Gasteiger partial charge on any atom is -0.299 e. The number of hydrogen-bond acceptors (Lipinski definition) is 1. The van der Waals surface area contributed by atoms with Crippen molar-refractivity contribution in [2.75, 3.05) is 13.1 Å². The van der Waals surface area contributed by atoms with E-state index in [1.54, 1.807) is 12.1 Å². The number of nitrogens with zero attached hydrogens (tertiary/aromatic N) is 1. The van der Waals surface area contributed by atoms with Crippen molar-refractivity contribution in [1.82, 2.24) is 4.90 Å². The molecule has 0 bridgehead atoms. The molecule has 0 atom stereocenters. The van der Waals surface area contributed by atoms with E-state index in [0.29, 0.717) is 17.1 Å². The molecule has 0 amide bonds. The zero-order valence-electron chi connectivity index (χ0n) is 7.26. The highest BCUT2D eigenvalue weighted by Crippen LogP contribution is 2.22. The van der Waals surface area contributed by atoms with Crippen LogP contribution in [-0.4, -0.2) is 18.0 Å². The van der Waals surface area contributed by atoms with Crippen molar-refractivity contribution in [2.45, 2.75) is 13.0 Å². The van der Waals surface area contributed by atoms with Gasteiger partial charge in [-0.15, -0.1) is 0 Å². The van der Waals surface area contributed by atoms with Crippen LogP contribution in [0.4, 0.5) is 4.39 Å². The SMILES string of the molecule is Fc1cccc(Cl)c1CN1CCC1. The molecule has 0 saturated carbocycles. The smallest absolute Gasteiger partial charge is 0.129 e. The van der Waals surface area contributed by atoms with Crippen molar-refractivity contribution in [1.29, 1.82) is 0 Å². The number of benzene rings is 1. The molecule has 1 aromatic rings. The quantitative estimate of drug-likeness (QED) is 0.708. The summed E-state index contributed by atoms with van der Waals surface area (Å²) in [6.45, 7) is 2.76. The second kappa shape index (κ2) is 3.64. The molecule has 3 heteroatoms. The van der Waals surface area contributed by atoms with Crippen molar-refractivity contribution in [3.05, 3.63) is 34.6 Å². The van der Waals surface area contributed by atoms with Crippen molar-refractivity contribution >= 4 is 11.6 Å². The van der Waals surface area contributed by atoms with Gasteiger partial charge in [0.15, 0.2) is 0 Å². The summed E-state index contributed by atoms with van der Waals surface area (Å²) in [5, 5.41) is 0.534. The molecule has 0 aromatic heterocycles. The Morgan fingerprint density at radius 2 is 2.15 bits per heavy atom. The van der Waals surface area contributed by atoms with E-state index >= 15 is 0 Å². The van der Waals surface area contributed by atoms with Crippen LogP contribution in [0, 0.1) is 5.82 Å². The lowest BCUT2D eigenvalue weighted by Crippen LogP contribution is -2.36. The second-order valence-electron chi connectivity index (χ2n) is 3.33. The molecule has 1 fully saturated rings. The first kappa shape index (κ1) is 8.97. The molecular formula is C10H11ClFN. The van der Waals surface area contributed by atoms with Crippen LogP contribution in [0.15, 0.2) is 18.2 Å². The topological polar surface area (TPSA) is 3.24 Å². The van der Waals surface area contributed by atoms with E-state index in [0.717, 1.165) is 13.1 Å². The minimum atomic E-state index is -0.195. The third kappa shape index (κ3) is 1.84. The van der Waals surface area contributed by atoms with Crippen molar-refractivity contribution < 1.29 is 4.39 Å². The van der Waals surface area contributed by atoms with Crippen LogP contribution in [0.25, 0.3) is 0 Å². The van der Waals surface area contributed by atoms with Crippen LogP contribution < -0.4 is 0 Å². The lowest BCUT2D eigenvalue weighted by atomic mass is 10.1. The molecule has 1 aliphatic heterocycles. The first-order chi connectivity index (χ1) is 6.27. The summed E-state index contributed by atoms with van der Waals surface area (Å²) >= 11 is 5.89. The first-order valence-corrected chi connectivity index (χ1v) is 4.80. The van der Waals surface area contributed by atoms with Crippen LogP contribution >= 0.6 is 11.6 Å². The maximum atomic E-state index is 13.3. The number of hydrogen-bond donors (Lipinski definition) is 0. The van der Waals surface area contributed by atoms with Crippen LogP contribution in [0.2, 0.25) is 5.02 Å². The van der Waals surface area contributed by atoms with Gasteiger partial charge < -0.3 is 0 Å². The summed E-state index contributed by atoms with van der Waals surface area (Å²) < 4.78 is 13.3. The Bertz CT molecular complexity index is 290. The monoisotopic (exact) mass is 199 g/mol. The maximum absolute atomic E-state index is 13.3. The van der Waals surface area contributed by atoms with Gasteiger partial charge in [-0.3, -0.25) is 4.90 Å². The molecule has 0 aliphatic carbocycles. The van der Waals surface area contributed by atoms with Gasteiger partial charge in [-0.1, -0.05) is 17.7 Å². The molecule has 1 nitrogen and oxygen atoms in total. The highest BCUT2D eigenvalue weighted by atomic mass is 35.5. The second-order valence-corrected chi connectivity index (χ2v) is 3.74. The van der Waals surface area contributed by atoms with Crippen molar-refractivity contribution in [3.8, 4) is 0 Å². The Hall–Kier alpha value is -0.600. The molecule has 0 unspecified atom stereocenters.